The van der Waals surface area contributed by atoms with Crippen molar-refractivity contribution in [2.75, 3.05) is 13.7 Å². The fourth-order valence-electron chi connectivity index (χ4n) is 6.50. The van der Waals surface area contributed by atoms with Crippen molar-refractivity contribution < 1.29 is 28.7 Å². The normalized spacial score (nSPS) is 23.1. The van der Waals surface area contributed by atoms with E-state index in [4.69, 9.17) is 9.47 Å². The van der Waals surface area contributed by atoms with Crippen molar-refractivity contribution in [2.24, 2.45) is 11.8 Å². The minimum atomic E-state index is -0.958. The third-order valence-corrected chi connectivity index (χ3v) is 9.37. The van der Waals surface area contributed by atoms with Gasteiger partial charge in [0.2, 0.25) is 17.7 Å². The van der Waals surface area contributed by atoms with Crippen LogP contribution >= 0.6 is 0 Å². The number of hydrogen-bond donors (Lipinski definition) is 4. The number of ether oxygens (including phenoxy) is 2. The van der Waals surface area contributed by atoms with E-state index in [9.17, 15) is 19.2 Å². The van der Waals surface area contributed by atoms with Crippen LogP contribution < -0.4 is 20.7 Å². The molecule has 11 nitrogen and oxygen atoms in total. The average Bonchev–Trinajstić information content (AvgIpc) is 3.35. The van der Waals surface area contributed by atoms with E-state index in [-0.39, 0.29) is 24.0 Å². The van der Waals surface area contributed by atoms with Crippen LogP contribution in [0.3, 0.4) is 0 Å². The van der Waals surface area contributed by atoms with E-state index in [1.165, 1.54) is 0 Å². The van der Waals surface area contributed by atoms with Crippen LogP contribution in [0.15, 0.2) is 30.5 Å². The molecular weight excluding hydrogens is 562 g/mol. The van der Waals surface area contributed by atoms with E-state index in [0.29, 0.717) is 31.1 Å². The van der Waals surface area contributed by atoms with Gasteiger partial charge in [-0.15, -0.1) is 0 Å². The number of rotatable bonds is 14. The van der Waals surface area contributed by atoms with E-state index in [0.717, 1.165) is 61.8 Å². The molecule has 5 unspecified atom stereocenters. The number of aromatic amines is 1. The first-order valence-corrected chi connectivity index (χ1v) is 15.9. The fourth-order valence-corrected chi connectivity index (χ4v) is 6.50. The van der Waals surface area contributed by atoms with E-state index in [1.807, 2.05) is 18.3 Å². The summed E-state index contributed by atoms with van der Waals surface area (Å²) in [7, 11) is 1.58. The Labute approximate surface area is 258 Å². The van der Waals surface area contributed by atoms with Crippen molar-refractivity contribution in [1.29, 1.82) is 0 Å². The van der Waals surface area contributed by atoms with Crippen LogP contribution in [0.5, 0.6) is 5.75 Å². The number of Topliss-reactive ketones (excluding diaryl/α,β-unsaturated/α-hetero) is 1. The average molecular weight is 608 g/mol. The van der Waals surface area contributed by atoms with Crippen LogP contribution in [-0.4, -0.2) is 71.1 Å². The van der Waals surface area contributed by atoms with Crippen molar-refractivity contribution in [2.45, 2.75) is 102 Å². The second-order valence-electron chi connectivity index (χ2n) is 12.9. The zero-order chi connectivity index (χ0) is 31.3. The molecule has 3 amide bonds. The molecule has 5 atom stereocenters. The molecule has 11 heteroatoms. The number of ketones is 1. The highest BCUT2D eigenvalue weighted by Gasteiger charge is 2.50. The summed E-state index contributed by atoms with van der Waals surface area (Å²) in [6.45, 7) is 3.71. The number of aryl methyl sites for hydroxylation is 1. The molecule has 2 aliphatic carbocycles. The van der Waals surface area contributed by atoms with Crippen LogP contribution in [0.1, 0.15) is 75.6 Å². The summed E-state index contributed by atoms with van der Waals surface area (Å²) in [5, 5.41) is 15.7. The Balaban J connectivity index is 1.23. The van der Waals surface area contributed by atoms with E-state index in [1.54, 1.807) is 33.1 Å². The van der Waals surface area contributed by atoms with Gasteiger partial charge in [-0.25, -0.2) is 0 Å². The van der Waals surface area contributed by atoms with E-state index in [2.05, 4.69) is 26.1 Å². The minimum absolute atomic E-state index is 0.127. The number of H-pyrrole nitrogens is 1. The van der Waals surface area contributed by atoms with Crippen molar-refractivity contribution in [3.05, 3.63) is 47.3 Å². The summed E-state index contributed by atoms with van der Waals surface area (Å²) in [6.07, 6.45) is 9.69. The molecule has 1 aromatic heterocycles. The van der Waals surface area contributed by atoms with Gasteiger partial charge in [-0.1, -0.05) is 37.8 Å². The van der Waals surface area contributed by atoms with Gasteiger partial charge in [-0.3, -0.25) is 24.3 Å². The van der Waals surface area contributed by atoms with Crippen molar-refractivity contribution in [3.8, 4) is 5.75 Å². The third kappa shape index (κ3) is 8.05. The molecule has 0 bridgehead atoms. The maximum Gasteiger partial charge on any atom is 0.243 e. The van der Waals surface area contributed by atoms with Crippen molar-refractivity contribution in [1.82, 2.24) is 26.1 Å². The molecule has 3 aliphatic rings. The number of methoxy groups -OCH3 is 1. The highest BCUT2D eigenvalue weighted by Crippen LogP contribution is 2.33. The maximum absolute atomic E-state index is 13.8. The minimum Gasteiger partial charge on any atom is -0.497 e. The third-order valence-electron chi connectivity index (χ3n) is 9.37. The van der Waals surface area contributed by atoms with Crippen LogP contribution in [0.2, 0.25) is 0 Å². The summed E-state index contributed by atoms with van der Waals surface area (Å²) in [6, 6.07) is 4.76. The van der Waals surface area contributed by atoms with Crippen molar-refractivity contribution >= 4 is 23.5 Å². The molecule has 0 spiro atoms. The van der Waals surface area contributed by atoms with Gasteiger partial charge in [0.05, 0.1) is 26.0 Å². The first-order chi connectivity index (χ1) is 21.1. The molecule has 238 valence electrons. The Morgan fingerprint density at radius 2 is 1.73 bits per heavy atom. The first-order valence-electron chi connectivity index (χ1n) is 15.9. The van der Waals surface area contributed by atoms with Gasteiger partial charge in [0.25, 0.3) is 0 Å². The number of hydrogen-bond acceptors (Lipinski definition) is 7. The van der Waals surface area contributed by atoms with Crippen LogP contribution in [-0.2, 0) is 43.2 Å². The Bertz CT molecular complexity index is 1330. The summed E-state index contributed by atoms with van der Waals surface area (Å²) in [4.78, 5) is 53.4. The summed E-state index contributed by atoms with van der Waals surface area (Å²) in [5.41, 5.74) is 2.21. The second-order valence-corrected chi connectivity index (χ2v) is 12.9. The Morgan fingerprint density at radius 1 is 1.02 bits per heavy atom. The molecule has 2 aromatic rings. The fraction of sp³-hybridized carbons (Fsp3) is 0.606. The largest absolute Gasteiger partial charge is 0.497 e. The first kappa shape index (κ1) is 31.7. The lowest BCUT2D eigenvalue weighted by molar-refractivity contribution is -0.134. The molecule has 1 aliphatic heterocycles. The molecule has 2 heterocycles. The number of fused-ring (bicyclic) bond motifs is 1. The monoisotopic (exact) mass is 607 g/mol. The highest BCUT2D eigenvalue weighted by molar-refractivity contribution is 5.98. The summed E-state index contributed by atoms with van der Waals surface area (Å²) < 4.78 is 10.7. The SMILES string of the molecule is COc1ccc(CC(NC(=O)C(C)NC(=O)CC2CCc3[nH]ncc3C2)C(=O)NC(CC2CCCC2)C(=O)C2(C)CO2)cc1. The number of nitrogens with one attached hydrogen (secondary N) is 4. The lowest BCUT2D eigenvalue weighted by atomic mass is 9.85. The Hall–Kier alpha value is -3.73. The molecule has 44 heavy (non-hydrogen) atoms. The van der Waals surface area contributed by atoms with E-state index < -0.39 is 35.5 Å². The molecule has 5 rings (SSSR count). The zero-order valence-corrected chi connectivity index (χ0v) is 25.9. The molecule has 2 fully saturated rings. The summed E-state index contributed by atoms with van der Waals surface area (Å²) in [5.74, 6) is -0.0255. The molecule has 1 saturated carbocycles. The van der Waals surface area contributed by atoms with Gasteiger partial charge >= 0.3 is 0 Å². The number of amides is 3. The smallest absolute Gasteiger partial charge is 0.243 e. The predicted molar refractivity (Wildman–Crippen MR) is 163 cm³/mol. The van der Waals surface area contributed by atoms with E-state index >= 15 is 0 Å². The van der Waals surface area contributed by atoms with Gasteiger partial charge in [0.15, 0.2) is 5.78 Å². The number of carbonyl (C=O) groups is 4. The molecule has 1 saturated heterocycles. The summed E-state index contributed by atoms with van der Waals surface area (Å²) >= 11 is 0. The Morgan fingerprint density at radius 3 is 2.41 bits per heavy atom. The number of benzene rings is 1. The standard InChI is InChI=1S/C33H45N5O6/c1-20(35-29(39)17-23-10-13-26-24(14-23)18-34-38-26)31(41)37-28(16-22-8-11-25(43-3)12-9-22)32(42)36-27(15-21-6-4-5-7-21)30(40)33(2)19-44-33/h8-9,11-12,18,20-21,23,27-28H,4-7,10,13-17,19H2,1-3H3,(H,34,38)(H,35,39)(H,36,42)(H,37,41). The van der Waals surface area contributed by atoms with Crippen LogP contribution in [0.25, 0.3) is 0 Å². The number of carbonyl (C=O) groups excluding carboxylic acids is 4. The van der Waals surface area contributed by atoms with Gasteiger partial charge in [0, 0.05) is 18.5 Å². The quantitative estimate of drug-likeness (QED) is 0.241. The van der Waals surface area contributed by atoms with Gasteiger partial charge in [-0.2, -0.15) is 5.10 Å². The zero-order valence-electron chi connectivity index (χ0n) is 25.9. The van der Waals surface area contributed by atoms with Crippen LogP contribution in [0.4, 0.5) is 0 Å². The van der Waals surface area contributed by atoms with Crippen LogP contribution in [0, 0.1) is 11.8 Å². The highest BCUT2D eigenvalue weighted by atomic mass is 16.6. The lowest BCUT2D eigenvalue weighted by Crippen LogP contribution is -2.57. The molecule has 0 radical (unpaired) electrons. The van der Waals surface area contributed by atoms with Crippen molar-refractivity contribution in [3.63, 3.8) is 0 Å². The van der Waals surface area contributed by atoms with Gasteiger partial charge in [0.1, 0.15) is 23.4 Å². The van der Waals surface area contributed by atoms with Gasteiger partial charge in [-0.05, 0) is 74.6 Å². The molecular formula is C33H45N5O6. The molecule has 1 aromatic carbocycles. The topological polar surface area (TPSA) is 155 Å². The second kappa shape index (κ2) is 13.9. The lowest BCUT2D eigenvalue weighted by Gasteiger charge is -2.27. The van der Waals surface area contributed by atoms with Gasteiger partial charge < -0.3 is 25.4 Å². The number of epoxide rings is 1. The number of nitrogens with zero attached hydrogens (tertiary/aromatic N) is 1. The number of aromatic nitrogens is 2. The Kier molecular flexibility index (Phi) is 10.0. The molecule has 4 N–H and O–H groups in total. The predicted octanol–water partition coefficient (Wildman–Crippen LogP) is 2.57. The maximum atomic E-state index is 13.8.